The lowest BCUT2D eigenvalue weighted by molar-refractivity contribution is -0.136. The Balaban J connectivity index is 1.29. The number of rotatable bonds is 6. The minimum absolute atomic E-state index is 0.371. The van der Waals surface area contributed by atoms with Gasteiger partial charge in [0.15, 0.2) is 0 Å². The minimum atomic E-state index is -0.933. The number of hydrogen-bond acceptors (Lipinski definition) is 5. The first kappa shape index (κ1) is 23.1. The third-order valence-electron chi connectivity index (χ3n) is 4.49. The molecule has 0 fully saturated rings. The number of carbonyl (C=O) groups is 2. The molecule has 2 amide bonds. The maximum Gasteiger partial charge on any atom is 0.329 e. The normalized spacial score (nSPS) is 10.8. The number of amides is 2. The fraction of sp³-hybridized carbons (Fsp3) is 0. The summed E-state index contributed by atoms with van der Waals surface area (Å²) in [6.45, 7) is 0. The number of para-hydroxylation sites is 1. The molecule has 0 saturated heterocycles. The fourth-order valence-electron chi connectivity index (χ4n) is 2.85. The van der Waals surface area contributed by atoms with Crippen molar-refractivity contribution in [2.24, 2.45) is 5.10 Å². The van der Waals surface area contributed by atoms with E-state index in [0.29, 0.717) is 38.8 Å². The van der Waals surface area contributed by atoms with Gasteiger partial charge in [0.25, 0.3) is 0 Å². The SMILES string of the molecule is O=C(N/N=C/c1ccc(-c2ccc(Cl)c(Cl)c2)o1)C(=O)Nc1ccc(Oc2ccccc2)cc1. The van der Waals surface area contributed by atoms with E-state index in [0.717, 1.165) is 5.56 Å². The molecule has 9 heteroatoms. The summed E-state index contributed by atoms with van der Waals surface area (Å²) in [6, 6.07) is 24.4. The second-order valence-corrected chi connectivity index (χ2v) is 7.74. The zero-order chi connectivity index (χ0) is 23.9. The number of hydrazone groups is 1. The number of benzene rings is 3. The van der Waals surface area contributed by atoms with Crippen LogP contribution in [0.15, 0.2) is 94.4 Å². The highest BCUT2D eigenvalue weighted by atomic mass is 35.5. The van der Waals surface area contributed by atoms with E-state index in [1.807, 2.05) is 30.3 Å². The summed E-state index contributed by atoms with van der Waals surface area (Å²) in [5, 5.41) is 7.09. The highest BCUT2D eigenvalue weighted by Gasteiger charge is 2.13. The van der Waals surface area contributed by atoms with Gasteiger partial charge in [-0.15, -0.1) is 0 Å². The van der Waals surface area contributed by atoms with E-state index in [2.05, 4.69) is 15.8 Å². The molecule has 0 radical (unpaired) electrons. The Morgan fingerprint density at radius 2 is 1.56 bits per heavy atom. The molecule has 4 aromatic rings. The Kier molecular flexibility index (Phi) is 7.27. The van der Waals surface area contributed by atoms with Crippen LogP contribution >= 0.6 is 23.2 Å². The van der Waals surface area contributed by atoms with E-state index in [9.17, 15) is 9.59 Å². The lowest BCUT2D eigenvalue weighted by Gasteiger charge is -2.07. The van der Waals surface area contributed by atoms with E-state index in [1.165, 1.54) is 6.21 Å². The second kappa shape index (κ2) is 10.7. The third kappa shape index (κ3) is 6.04. The Bertz CT molecular complexity index is 1340. The van der Waals surface area contributed by atoms with Crippen molar-refractivity contribution in [3.63, 3.8) is 0 Å². The number of halogens is 2. The number of anilines is 1. The summed E-state index contributed by atoms with van der Waals surface area (Å²) >= 11 is 11.9. The lowest BCUT2D eigenvalue weighted by atomic mass is 10.2. The van der Waals surface area contributed by atoms with Crippen molar-refractivity contribution in [3.8, 4) is 22.8 Å². The highest BCUT2D eigenvalue weighted by molar-refractivity contribution is 6.42. The number of ether oxygens (including phenoxy) is 1. The smallest absolute Gasteiger partial charge is 0.329 e. The second-order valence-electron chi connectivity index (χ2n) is 6.92. The molecule has 0 bridgehead atoms. The van der Waals surface area contributed by atoms with Crippen molar-refractivity contribution in [2.45, 2.75) is 0 Å². The van der Waals surface area contributed by atoms with Crippen LogP contribution in [0.5, 0.6) is 11.5 Å². The Morgan fingerprint density at radius 1 is 0.824 bits per heavy atom. The van der Waals surface area contributed by atoms with E-state index in [4.69, 9.17) is 32.4 Å². The van der Waals surface area contributed by atoms with E-state index < -0.39 is 11.8 Å². The number of carbonyl (C=O) groups excluding carboxylic acids is 2. The summed E-state index contributed by atoms with van der Waals surface area (Å²) < 4.78 is 11.3. The molecule has 1 heterocycles. The van der Waals surface area contributed by atoms with Crippen molar-refractivity contribution < 1.29 is 18.7 Å². The van der Waals surface area contributed by atoms with Crippen LogP contribution in [0.2, 0.25) is 10.0 Å². The number of nitrogens with one attached hydrogen (secondary N) is 2. The first-order valence-corrected chi connectivity index (χ1v) is 10.8. The van der Waals surface area contributed by atoms with Crippen molar-refractivity contribution in [1.82, 2.24) is 5.43 Å². The molecule has 0 aliphatic heterocycles. The third-order valence-corrected chi connectivity index (χ3v) is 5.23. The average molecular weight is 494 g/mol. The fourth-order valence-corrected chi connectivity index (χ4v) is 3.15. The molecule has 7 nitrogen and oxygen atoms in total. The summed E-state index contributed by atoms with van der Waals surface area (Å²) in [4.78, 5) is 24.1. The molecule has 1 aromatic heterocycles. The van der Waals surface area contributed by atoms with Crippen LogP contribution < -0.4 is 15.5 Å². The molecule has 0 atom stereocenters. The monoisotopic (exact) mass is 493 g/mol. The molecule has 0 aliphatic rings. The van der Waals surface area contributed by atoms with Crippen LogP contribution in [0.4, 0.5) is 5.69 Å². The van der Waals surface area contributed by atoms with E-state index in [-0.39, 0.29) is 0 Å². The van der Waals surface area contributed by atoms with Gasteiger partial charge in [0, 0.05) is 11.3 Å². The largest absolute Gasteiger partial charge is 0.457 e. The van der Waals surface area contributed by atoms with Crippen LogP contribution in [0.1, 0.15) is 5.76 Å². The molecule has 34 heavy (non-hydrogen) atoms. The quantitative estimate of drug-likeness (QED) is 0.192. The maximum atomic E-state index is 12.1. The number of hydrogen-bond donors (Lipinski definition) is 2. The van der Waals surface area contributed by atoms with Crippen molar-refractivity contribution in [3.05, 3.63) is 101 Å². The van der Waals surface area contributed by atoms with Crippen molar-refractivity contribution in [2.75, 3.05) is 5.32 Å². The van der Waals surface area contributed by atoms with Gasteiger partial charge >= 0.3 is 11.8 Å². The van der Waals surface area contributed by atoms with Gasteiger partial charge in [-0.2, -0.15) is 5.10 Å². The summed E-state index contributed by atoms with van der Waals surface area (Å²) in [7, 11) is 0. The molecular weight excluding hydrogens is 477 g/mol. The molecule has 0 saturated carbocycles. The van der Waals surface area contributed by atoms with Crippen LogP contribution in [0, 0.1) is 0 Å². The Morgan fingerprint density at radius 3 is 2.29 bits per heavy atom. The molecule has 3 aromatic carbocycles. The van der Waals surface area contributed by atoms with Gasteiger partial charge in [0.05, 0.1) is 16.3 Å². The van der Waals surface area contributed by atoms with Crippen molar-refractivity contribution >= 4 is 46.9 Å². The predicted octanol–water partition coefficient (Wildman–Crippen LogP) is 6.13. The number of furan rings is 1. The zero-order valence-electron chi connectivity index (χ0n) is 17.5. The topological polar surface area (TPSA) is 92.9 Å². The van der Waals surface area contributed by atoms with Crippen molar-refractivity contribution in [1.29, 1.82) is 0 Å². The summed E-state index contributed by atoms with van der Waals surface area (Å²) in [5.41, 5.74) is 3.32. The van der Waals surface area contributed by atoms with Crippen LogP contribution in [0.25, 0.3) is 11.3 Å². The van der Waals surface area contributed by atoms with Gasteiger partial charge in [-0.25, -0.2) is 5.43 Å². The van der Waals surface area contributed by atoms with Crippen LogP contribution in [0.3, 0.4) is 0 Å². The average Bonchev–Trinajstić information content (AvgIpc) is 3.31. The molecule has 170 valence electrons. The molecule has 4 rings (SSSR count). The molecule has 2 N–H and O–H groups in total. The molecule has 0 aliphatic carbocycles. The van der Waals surface area contributed by atoms with Gasteiger partial charge in [-0.1, -0.05) is 41.4 Å². The first-order valence-electron chi connectivity index (χ1n) is 10.0. The van der Waals surface area contributed by atoms with E-state index >= 15 is 0 Å². The minimum Gasteiger partial charge on any atom is -0.457 e. The zero-order valence-corrected chi connectivity index (χ0v) is 19.0. The summed E-state index contributed by atoms with van der Waals surface area (Å²) in [6.07, 6.45) is 1.28. The van der Waals surface area contributed by atoms with Gasteiger partial charge in [-0.3, -0.25) is 9.59 Å². The van der Waals surface area contributed by atoms with Gasteiger partial charge in [-0.05, 0) is 66.7 Å². The maximum absolute atomic E-state index is 12.1. The van der Waals surface area contributed by atoms with Crippen LogP contribution in [-0.2, 0) is 9.59 Å². The summed E-state index contributed by atoms with van der Waals surface area (Å²) in [5.74, 6) is 0.399. The highest BCUT2D eigenvalue weighted by Crippen LogP contribution is 2.29. The van der Waals surface area contributed by atoms with E-state index in [1.54, 1.807) is 54.6 Å². The van der Waals surface area contributed by atoms with Gasteiger partial charge in [0.1, 0.15) is 23.0 Å². The van der Waals surface area contributed by atoms with Crippen LogP contribution in [-0.4, -0.2) is 18.0 Å². The molecule has 0 spiro atoms. The Hall–Kier alpha value is -4.07. The first-order chi connectivity index (χ1) is 16.5. The Labute approximate surface area is 205 Å². The van der Waals surface area contributed by atoms with Gasteiger partial charge < -0.3 is 14.5 Å². The van der Waals surface area contributed by atoms with Gasteiger partial charge in [0.2, 0.25) is 0 Å². The molecular formula is C25H17Cl2N3O4. The molecule has 0 unspecified atom stereocenters. The predicted molar refractivity (Wildman–Crippen MR) is 131 cm³/mol. The lowest BCUT2D eigenvalue weighted by Crippen LogP contribution is -2.32. The number of nitrogens with zero attached hydrogens (tertiary/aromatic N) is 1. The standard InChI is InChI=1S/C25H17Cl2N3O4/c26-21-12-6-16(14-22(21)27)23-13-11-20(34-23)15-28-30-25(32)24(31)29-17-7-9-19(10-8-17)33-18-4-2-1-3-5-18/h1-15H,(H,29,31)(H,30,32)/b28-15+.